The lowest BCUT2D eigenvalue weighted by molar-refractivity contribution is -0.143. The van der Waals surface area contributed by atoms with Crippen LogP contribution in [0.4, 0.5) is 0 Å². The summed E-state index contributed by atoms with van der Waals surface area (Å²) in [4.78, 5) is 28.6. The number of allylic oxidation sites excluding steroid dienone is 2. The number of rotatable bonds is 8. The van der Waals surface area contributed by atoms with Crippen molar-refractivity contribution in [3.63, 3.8) is 0 Å². The normalized spacial score (nSPS) is 25.3. The van der Waals surface area contributed by atoms with E-state index in [0.29, 0.717) is 19.3 Å². The second-order valence-electron chi connectivity index (χ2n) is 11.4. The van der Waals surface area contributed by atoms with E-state index < -0.39 is 23.9 Å². The van der Waals surface area contributed by atoms with E-state index in [4.69, 9.17) is 0 Å². The van der Waals surface area contributed by atoms with Gasteiger partial charge in [-0.3, -0.25) is 14.5 Å². The Morgan fingerprint density at radius 1 is 1.03 bits per heavy atom. The average molecular weight is 530 g/mol. The van der Waals surface area contributed by atoms with Crippen molar-refractivity contribution in [2.45, 2.75) is 70.4 Å². The van der Waals surface area contributed by atoms with Crippen molar-refractivity contribution < 1.29 is 24.9 Å². The molecule has 6 heteroatoms. The number of hydrogen-bond donors (Lipinski definition) is 3. The van der Waals surface area contributed by atoms with Crippen molar-refractivity contribution in [1.82, 2.24) is 4.90 Å². The van der Waals surface area contributed by atoms with E-state index in [-0.39, 0.29) is 30.2 Å². The summed E-state index contributed by atoms with van der Waals surface area (Å²) in [5.74, 6) is -1.67. The first-order valence-corrected chi connectivity index (χ1v) is 14.3. The Morgan fingerprint density at radius 3 is 2.46 bits per heavy atom. The van der Waals surface area contributed by atoms with Crippen LogP contribution < -0.4 is 0 Å². The molecular weight excluding hydrogens is 490 g/mol. The smallest absolute Gasteiger partial charge is 0.234 e. The van der Waals surface area contributed by atoms with Crippen LogP contribution in [-0.4, -0.2) is 50.8 Å². The number of likely N-dealkylation sites (tertiary alicyclic amines) is 1. The minimum atomic E-state index is -0.842. The highest BCUT2D eigenvalue weighted by Crippen LogP contribution is 2.47. The van der Waals surface area contributed by atoms with E-state index in [1.807, 2.05) is 49.4 Å². The zero-order valence-electron chi connectivity index (χ0n) is 22.6. The predicted octanol–water partition coefficient (Wildman–Crippen LogP) is 5.34. The van der Waals surface area contributed by atoms with Crippen LogP contribution in [0.3, 0.4) is 0 Å². The summed E-state index contributed by atoms with van der Waals surface area (Å²) in [5, 5.41) is 31.9. The van der Waals surface area contributed by atoms with Gasteiger partial charge >= 0.3 is 0 Å². The largest absolute Gasteiger partial charge is 0.508 e. The summed E-state index contributed by atoms with van der Waals surface area (Å²) in [6.45, 7) is 1.66. The Labute approximate surface area is 230 Å². The van der Waals surface area contributed by atoms with Crippen molar-refractivity contribution in [2.24, 2.45) is 17.8 Å². The fourth-order valence-corrected chi connectivity index (χ4v) is 7.06. The molecule has 5 rings (SSSR count). The van der Waals surface area contributed by atoms with Crippen molar-refractivity contribution in [3.8, 4) is 5.75 Å². The van der Waals surface area contributed by atoms with E-state index >= 15 is 0 Å². The number of aromatic hydroxyl groups is 1. The maximum Gasteiger partial charge on any atom is 0.234 e. The van der Waals surface area contributed by atoms with Gasteiger partial charge in [-0.2, -0.15) is 0 Å². The van der Waals surface area contributed by atoms with Crippen LogP contribution in [0.25, 0.3) is 11.6 Å². The zero-order valence-corrected chi connectivity index (χ0v) is 22.6. The van der Waals surface area contributed by atoms with Gasteiger partial charge < -0.3 is 15.3 Å². The van der Waals surface area contributed by atoms with E-state index in [9.17, 15) is 24.9 Å². The van der Waals surface area contributed by atoms with Gasteiger partial charge in [0.05, 0.1) is 24.5 Å². The summed E-state index contributed by atoms with van der Waals surface area (Å²) in [7, 11) is 0. The van der Waals surface area contributed by atoms with Crippen LogP contribution in [0.15, 0.2) is 65.7 Å². The van der Waals surface area contributed by atoms with E-state index in [0.717, 1.165) is 60.0 Å². The third kappa shape index (κ3) is 5.59. The number of carbonyl (C=O) groups excluding carboxylic acids is 2. The number of hydrogen-bond acceptors (Lipinski definition) is 5. The molecule has 39 heavy (non-hydrogen) atoms. The topological polar surface area (TPSA) is 98.1 Å². The first kappa shape index (κ1) is 27.4. The summed E-state index contributed by atoms with van der Waals surface area (Å²) in [6, 6.07) is 17.0. The molecule has 2 amide bonds. The molecule has 1 aliphatic heterocycles. The molecule has 0 bridgehead atoms. The molecule has 2 aromatic carbocycles. The van der Waals surface area contributed by atoms with Crippen molar-refractivity contribution in [2.75, 3.05) is 6.61 Å². The minimum Gasteiger partial charge on any atom is -0.508 e. The molecule has 0 spiro atoms. The molecule has 3 aliphatic rings. The SMILES string of the molecule is CC1=C([C@H](O)CC/C(=C/c2cccc(O)c2)c2ccccc2)[C@H](CO)[C@@H]2C(=O)N(C3CCCCC3)C(=O)[C@@H]2C1. The van der Waals surface area contributed by atoms with Crippen LogP contribution in [0.5, 0.6) is 5.75 Å². The molecule has 4 atom stereocenters. The lowest BCUT2D eigenvalue weighted by Gasteiger charge is -2.35. The Balaban J connectivity index is 1.37. The Kier molecular flexibility index (Phi) is 8.34. The highest BCUT2D eigenvalue weighted by atomic mass is 16.3. The first-order valence-electron chi connectivity index (χ1n) is 14.3. The van der Waals surface area contributed by atoms with Gasteiger partial charge in [0.1, 0.15) is 5.75 Å². The number of fused-ring (bicyclic) bond motifs is 1. The number of nitrogens with zero attached hydrogens (tertiary/aromatic N) is 1. The van der Waals surface area contributed by atoms with Crippen molar-refractivity contribution in [1.29, 1.82) is 0 Å². The van der Waals surface area contributed by atoms with Crippen molar-refractivity contribution >= 4 is 23.5 Å². The molecule has 1 saturated carbocycles. The van der Waals surface area contributed by atoms with E-state index in [1.54, 1.807) is 18.2 Å². The van der Waals surface area contributed by atoms with Gasteiger partial charge in [-0.25, -0.2) is 0 Å². The highest BCUT2D eigenvalue weighted by Gasteiger charge is 2.55. The molecule has 1 saturated heterocycles. The van der Waals surface area contributed by atoms with Gasteiger partial charge in [0.2, 0.25) is 11.8 Å². The Bertz CT molecular complexity index is 1260. The fourth-order valence-electron chi connectivity index (χ4n) is 7.06. The van der Waals surface area contributed by atoms with Crippen LogP contribution in [0, 0.1) is 17.8 Å². The lowest BCUT2D eigenvalue weighted by Crippen LogP contribution is -2.42. The number of benzene rings is 2. The molecule has 0 aromatic heterocycles. The van der Waals surface area contributed by atoms with Crippen LogP contribution in [-0.2, 0) is 9.59 Å². The zero-order chi connectivity index (χ0) is 27.5. The molecular formula is C33H39NO5. The number of aliphatic hydroxyl groups excluding tert-OH is 2. The summed E-state index contributed by atoms with van der Waals surface area (Å²) >= 11 is 0. The monoisotopic (exact) mass is 529 g/mol. The maximum absolute atomic E-state index is 13.6. The van der Waals surface area contributed by atoms with Gasteiger partial charge in [-0.1, -0.05) is 73.4 Å². The average Bonchev–Trinajstić information content (AvgIpc) is 3.19. The molecule has 1 heterocycles. The van der Waals surface area contributed by atoms with Gasteiger partial charge in [0.25, 0.3) is 0 Å². The molecule has 6 nitrogen and oxygen atoms in total. The highest BCUT2D eigenvalue weighted by molar-refractivity contribution is 6.06. The van der Waals surface area contributed by atoms with Gasteiger partial charge in [0, 0.05) is 12.0 Å². The maximum atomic E-state index is 13.6. The molecule has 2 aliphatic carbocycles. The summed E-state index contributed by atoms with van der Waals surface area (Å²) in [5.41, 5.74) is 4.54. The Morgan fingerprint density at radius 2 is 1.77 bits per heavy atom. The summed E-state index contributed by atoms with van der Waals surface area (Å²) in [6.07, 6.45) is 7.51. The van der Waals surface area contributed by atoms with Gasteiger partial charge in [0.15, 0.2) is 0 Å². The summed E-state index contributed by atoms with van der Waals surface area (Å²) < 4.78 is 0. The van der Waals surface area contributed by atoms with Gasteiger partial charge in [-0.05, 0) is 73.4 Å². The third-order valence-electron chi connectivity index (χ3n) is 8.90. The fraction of sp³-hybridized carbons (Fsp3) is 0.455. The second kappa shape index (κ2) is 11.9. The second-order valence-corrected chi connectivity index (χ2v) is 11.4. The minimum absolute atomic E-state index is 0.0339. The first-order chi connectivity index (χ1) is 18.9. The molecule has 206 valence electrons. The van der Waals surface area contributed by atoms with E-state index in [1.165, 1.54) is 4.90 Å². The number of amides is 2. The number of carbonyl (C=O) groups is 2. The van der Waals surface area contributed by atoms with Crippen LogP contribution in [0.2, 0.25) is 0 Å². The number of aliphatic hydroxyl groups is 2. The van der Waals surface area contributed by atoms with Gasteiger partial charge in [-0.15, -0.1) is 0 Å². The third-order valence-corrected chi connectivity index (χ3v) is 8.90. The van der Waals surface area contributed by atoms with E-state index in [2.05, 4.69) is 0 Å². The predicted molar refractivity (Wildman–Crippen MR) is 151 cm³/mol. The standard InChI is InChI=1S/C33H39NO5/c1-21-17-27-31(33(39)34(32(27)38)25-12-6-3-7-13-25)28(20-35)30(21)29(37)16-15-24(23-10-4-2-5-11-23)18-22-9-8-14-26(36)19-22/h2,4-5,8-11,14,18-19,25,27-29,31,35-37H,3,6-7,12-13,15-17,20H2,1H3/b24-18-/t27-,28+,29-,31-/m1/s1. The Hall–Kier alpha value is -3.22. The van der Waals surface area contributed by atoms with Crippen molar-refractivity contribution in [3.05, 3.63) is 76.9 Å². The van der Waals surface area contributed by atoms with Crippen LogP contribution >= 0.6 is 0 Å². The quantitative estimate of drug-likeness (QED) is 0.244. The number of imide groups is 1. The number of phenols is 1. The molecule has 3 N–H and O–H groups in total. The molecule has 2 aromatic rings. The number of phenolic OH excluding ortho intramolecular Hbond substituents is 1. The molecule has 0 unspecified atom stereocenters. The molecule has 0 radical (unpaired) electrons. The van der Waals surface area contributed by atoms with Crippen LogP contribution in [0.1, 0.15) is 69.4 Å². The molecule has 2 fully saturated rings. The lowest BCUT2D eigenvalue weighted by atomic mass is 9.68.